The van der Waals surface area contributed by atoms with Gasteiger partial charge in [0.05, 0.1) is 6.10 Å². The largest absolute Gasteiger partial charge is 0.388 e. The summed E-state index contributed by atoms with van der Waals surface area (Å²) in [7, 11) is 0. The van der Waals surface area contributed by atoms with Crippen LogP contribution in [-0.2, 0) is 6.42 Å². The fourth-order valence-corrected chi connectivity index (χ4v) is 4.39. The Morgan fingerprint density at radius 3 is 2.60 bits per heavy atom. The third-order valence-electron chi connectivity index (χ3n) is 5.38. The third kappa shape index (κ3) is 2.55. The molecule has 0 bridgehead atoms. The Balaban J connectivity index is 1.93. The van der Waals surface area contributed by atoms with Crippen LogP contribution in [0, 0.1) is 10.8 Å². The van der Waals surface area contributed by atoms with Crippen molar-refractivity contribution in [2.45, 2.75) is 78.4 Å². The van der Waals surface area contributed by atoms with Gasteiger partial charge in [0.2, 0.25) is 0 Å². The van der Waals surface area contributed by atoms with E-state index >= 15 is 0 Å². The van der Waals surface area contributed by atoms with Gasteiger partial charge in [0.1, 0.15) is 0 Å². The van der Waals surface area contributed by atoms with E-state index in [4.69, 9.17) is 0 Å². The van der Waals surface area contributed by atoms with E-state index in [0.717, 1.165) is 12.8 Å². The van der Waals surface area contributed by atoms with Gasteiger partial charge in [-0.15, -0.1) is 0 Å². The second kappa shape index (κ2) is 4.62. The molecule has 0 saturated heterocycles. The first-order valence-corrected chi connectivity index (χ1v) is 8.15. The van der Waals surface area contributed by atoms with Gasteiger partial charge in [-0.25, -0.2) is 0 Å². The zero-order valence-corrected chi connectivity index (χ0v) is 13.4. The van der Waals surface area contributed by atoms with Gasteiger partial charge >= 0.3 is 0 Å². The van der Waals surface area contributed by atoms with Gasteiger partial charge in [-0.1, -0.05) is 34.1 Å². The van der Waals surface area contributed by atoms with Crippen molar-refractivity contribution in [3.8, 4) is 0 Å². The molecule has 1 heterocycles. The molecule has 1 aromatic heterocycles. The predicted octanol–water partition coefficient (Wildman–Crippen LogP) is 4.64. The zero-order valence-electron chi connectivity index (χ0n) is 13.4. The standard InChI is InChI=1S/C18H29NO/c1-17(2)8-5-6-13(10-17)19-9-7-14-15(19)11-18(3,4)12-16(14)20/h7,9,13,16,20H,5-6,8,10-12H2,1-4H3. The van der Waals surface area contributed by atoms with Crippen molar-refractivity contribution < 1.29 is 5.11 Å². The van der Waals surface area contributed by atoms with E-state index in [2.05, 4.69) is 44.5 Å². The monoisotopic (exact) mass is 275 g/mol. The van der Waals surface area contributed by atoms with Crippen LogP contribution in [0.1, 0.15) is 83.2 Å². The molecule has 2 atom stereocenters. The average molecular weight is 275 g/mol. The van der Waals surface area contributed by atoms with Crippen molar-refractivity contribution >= 4 is 0 Å². The highest BCUT2D eigenvalue weighted by Gasteiger charge is 2.36. The third-order valence-corrected chi connectivity index (χ3v) is 5.38. The van der Waals surface area contributed by atoms with Crippen LogP contribution < -0.4 is 0 Å². The first-order chi connectivity index (χ1) is 9.27. The van der Waals surface area contributed by atoms with Crippen LogP contribution in [0.25, 0.3) is 0 Å². The highest BCUT2D eigenvalue weighted by Crippen LogP contribution is 2.46. The van der Waals surface area contributed by atoms with Gasteiger partial charge in [-0.05, 0) is 49.0 Å². The molecule has 0 aromatic carbocycles. The molecule has 2 aliphatic rings. The van der Waals surface area contributed by atoms with Crippen molar-refractivity contribution in [1.82, 2.24) is 4.57 Å². The summed E-state index contributed by atoms with van der Waals surface area (Å²) in [5, 5.41) is 10.4. The minimum atomic E-state index is -0.272. The Kier molecular flexibility index (Phi) is 3.28. The second-order valence-electron chi connectivity index (χ2n) is 8.60. The summed E-state index contributed by atoms with van der Waals surface area (Å²) in [4.78, 5) is 0. The number of hydrogen-bond acceptors (Lipinski definition) is 1. The lowest BCUT2D eigenvalue weighted by molar-refractivity contribution is 0.0956. The van der Waals surface area contributed by atoms with E-state index < -0.39 is 0 Å². The van der Waals surface area contributed by atoms with E-state index in [1.807, 2.05) is 0 Å². The minimum Gasteiger partial charge on any atom is -0.388 e. The number of hydrogen-bond donors (Lipinski definition) is 1. The fourth-order valence-electron chi connectivity index (χ4n) is 4.39. The van der Waals surface area contributed by atoms with Gasteiger partial charge in [0, 0.05) is 23.5 Å². The molecule has 0 radical (unpaired) electrons. The summed E-state index contributed by atoms with van der Waals surface area (Å²) >= 11 is 0. The maximum Gasteiger partial charge on any atom is 0.0812 e. The number of aliphatic hydroxyl groups excluding tert-OH is 1. The average Bonchev–Trinajstić information content (AvgIpc) is 2.69. The molecule has 2 nitrogen and oxygen atoms in total. The molecule has 0 amide bonds. The Hall–Kier alpha value is -0.760. The first-order valence-electron chi connectivity index (χ1n) is 8.15. The molecule has 1 aromatic rings. The van der Waals surface area contributed by atoms with Crippen LogP contribution in [0.2, 0.25) is 0 Å². The maximum atomic E-state index is 10.4. The van der Waals surface area contributed by atoms with E-state index in [0.29, 0.717) is 11.5 Å². The van der Waals surface area contributed by atoms with Crippen LogP contribution in [0.3, 0.4) is 0 Å². The van der Waals surface area contributed by atoms with Gasteiger partial charge in [-0.2, -0.15) is 0 Å². The summed E-state index contributed by atoms with van der Waals surface area (Å²) in [5.41, 5.74) is 3.26. The number of fused-ring (bicyclic) bond motifs is 1. The number of aromatic nitrogens is 1. The molecule has 20 heavy (non-hydrogen) atoms. The molecular weight excluding hydrogens is 246 g/mol. The Morgan fingerprint density at radius 1 is 1.15 bits per heavy atom. The summed E-state index contributed by atoms with van der Waals surface area (Å²) in [6, 6.07) is 2.79. The molecule has 0 spiro atoms. The Bertz CT molecular complexity index is 498. The molecule has 1 saturated carbocycles. The highest BCUT2D eigenvalue weighted by molar-refractivity contribution is 5.30. The summed E-state index contributed by atoms with van der Waals surface area (Å²) in [6.07, 6.45) is 9.19. The molecule has 0 aliphatic heterocycles. The number of nitrogens with zero attached hydrogens (tertiary/aromatic N) is 1. The van der Waals surface area contributed by atoms with E-state index in [9.17, 15) is 5.11 Å². The van der Waals surface area contributed by atoms with Gasteiger partial charge < -0.3 is 9.67 Å². The Labute approximate surface area is 123 Å². The molecule has 3 rings (SSSR count). The van der Waals surface area contributed by atoms with Crippen molar-refractivity contribution in [3.63, 3.8) is 0 Å². The highest BCUT2D eigenvalue weighted by atomic mass is 16.3. The van der Waals surface area contributed by atoms with Crippen LogP contribution >= 0.6 is 0 Å². The summed E-state index contributed by atoms with van der Waals surface area (Å²) in [5.74, 6) is 0. The first kappa shape index (κ1) is 14.2. The summed E-state index contributed by atoms with van der Waals surface area (Å²) < 4.78 is 2.50. The molecule has 2 heteroatoms. The summed E-state index contributed by atoms with van der Waals surface area (Å²) in [6.45, 7) is 9.35. The van der Waals surface area contributed by atoms with Crippen molar-refractivity contribution in [2.24, 2.45) is 10.8 Å². The van der Waals surface area contributed by atoms with Gasteiger partial charge in [0.15, 0.2) is 0 Å². The second-order valence-corrected chi connectivity index (χ2v) is 8.60. The molecular formula is C18H29NO. The van der Waals surface area contributed by atoms with Crippen molar-refractivity contribution in [1.29, 1.82) is 0 Å². The van der Waals surface area contributed by atoms with E-state index in [-0.39, 0.29) is 11.5 Å². The fraction of sp³-hybridized carbons (Fsp3) is 0.778. The van der Waals surface area contributed by atoms with Crippen molar-refractivity contribution in [3.05, 3.63) is 23.5 Å². The molecule has 2 unspecified atom stereocenters. The molecule has 1 N–H and O–H groups in total. The predicted molar refractivity (Wildman–Crippen MR) is 82.8 cm³/mol. The van der Waals surface area contributed by atoms with Crippen LogP contribution in [-0.4, -0.2) is 9.67 Å². The lowest BCUT2D eigenvalue weighted by Crippen LogP contribution is -2.30. The van der Waals surface area contributed by atoms with Crippen LogP contribution in [0.15, 0.2) is 12.3 Å². The SMILES string of the molecule is CC1(C)Cc2c(ccn2C2CCCC(C)(C)C2)C(O)C1. The van der Waals surface area contributed by atoms with E-state index in [1.54, 1.807) is 0 Å². The molecule has 112 valence electrons. The normalized spacial score (nSPS) is 31.9. The minimum absolute atomic E-state index is 0.215. The molecule has 2 aliphatic carbocycles. The lowest BCUT2D eigenvalue weighted by Gasteiger charge is -2.39. The number of aliphatic hydroxyl groups is 1. The number of rotatable bonds is 1. The smallest absolute Gasteiger partial charge is 0.0812 e. The van der Waals surface area contributed by atoms with Gasteiger partial charge in [-0.3, -0.25) is 0 Å². The molecule has 1 fully saturated rings. The van der Waals surface area contributed by atoms with Crippen molar-refractivity contribution in [2.75, 3.05) is 0 Å². The van der Waals surface area contributed by atoms with Crippen LogP contribution in [0.4, 0.5) is 0 Å². The van der Waals surface area contributed by atoms with Crippen LogP contribution in [0.5, 0.6) is 0 Å². The lowest BCUT2D eigenvalue weighted by atomic mass is 9.73. The van der Waals surface area contributed by atoms with Gasteiger partial charge in [0.25, 0.3) is 0 Å². The maximum absolute atomic E-state index is 10.4. The Morgan fingerprint density at radius 2 is 1.90 bits per heavy atom. The van der Waals surface area contributed by atoms with E-state index in [1.165, 1.54) is 36.9 Å². The quantitative estimate of drug-likeness (QED) is 0.794. The zero-order chi connectivity index (χ0) is 14.5. The topological polar surface area (TPSA) is 25.2 Å².